The third-order valence-corrected chi connectivity index (χ3v) is 5.42. The number of rotatable bonds is 2. The maximum atomic E-state index is 4.51. The standard InChI is InChI=1S/C13H12S5/c14-9-4-2-1-3-7(9)5-8-6-10(15)12(17)13(18)11(8)16/h1-4,6,14-18H,5H2. The Labute approximate surface area is 135 Å². The molecule has 0 fully saturated rings. The van der Waals surface area contributed by atoms with E-state index in [0.29, 0.717) is 0 Å². The van der Waals surface area contributed by atoms with E-state index in [2.05, 4.69) is 69.2 Å². The van der Waals surface area contributed by atoms with Crippen LogP contribution in [-0.2, 0) is 6.42 Å². The average Bonchev–Trinajstić information content (AvgIpc) is 2.36. The van der Waals surface area contributed by atoms with Gasteiger partial charge in [0, 0.05) is 24.5 Å². The molecule has 94 valence electrons. The van der Waals surface area contributed by atoms with E-state index in [9.17, 15) is 0 Å². The van der Waals surface area contributed by atoms with Crippen molar-refractivity contribution in [1.82, 2.24) is 0 Å². The van der Waals surface area contributed by atoms with Gasteiger partial charge in [-0.25, -0.2) is 0 Å². The molecule has 0 bridgehead atoms. The first kappa shape index (κ1) is 14.6. The van der Waals surface area contributed by atoms with Crippen molar-refractivity contribution in [3.63, 3.8) is 0 Å². The van der Waals surface area contributed by atoms with Gasteiger partial charge < -0.3 is 0 Å². The maximum Gasteiger partial charge on any atom is 0.0322 e. The van der Waals surface area contributed by atoms with E-state index in [4.69, 9.17) is 0 Å². The van der Waals surface area contributed by atoms with Crippen molar-refractivity contribution < 1.29 is 0 Å². The van der Waals surface area contributed by atoms with Crippen LogP contribution in [0, 0.1) is 0 Å². The summed E-state index contributed by atoms with van der Waals surface area (Å²) in [4.78, 5) is 4.16. The van der Waals surface area contributed by atoms with Gasteiger partial charge in [-0.1, -0.05) is 18.2 Å². The SMILES string of the molecule is Sc1ccccc1Cc1cc(S)c(S)c(S)c1S. The summed E-state index contributed by atoms with van der Waals surface area (Å²) in [5.74, 6) is 0. The Morgan fingerprint density at radius 3 is 2.00 bits per heavy atom. The molecule has 0 spiro atoms. The second-order valence-electron chi connectivity index (χ2n) is 3.91. The first-order chi connectivity index (χ1) is 8.50. The largest absolute Gasteiger partial charge is 0.143 e. The topological polar surface area (TPSA) is 0 Å². The minimum Gasteiger partial charge on any atom is -0.143 e. The lowest BCUT2D eigenvalue weighted by Crippen LogP contribution is -1.94. The number of benzene rings is 2. The molecule has 2 aromatic carbocycles. The Hall–Kier alpha value is 0.190. The molecule has 0 amide bonds. The summed E-state index contributed by atoms with van der Waals surface area (Å²) in [6.07, 6.45) is 0.758. The van der Waals surface area contributed by atoms with Gasteiger partial charge in [0.05, 0.1) is 0 Å². The van der Waals surface area contributed by atoms with E-state index in [0.717, 1.165) is 42.0 Å². The first-order valence-corrected chi connectivity index (χ1v) is 7.47. The average molecular weight is 329 g/mol. The lowest BCUT2D eigenvalue weighted by Gasteiger charge is -2.12. The van der Waals surface area contributed by atoms with E-state index in [1.54, 1.807) is 0 Å². The van der Waals surface area contributed by atoms with Crippen LogP contribution >= 0.6 is 63.1 Å². The normalized spacial score (nSPS) is 10.7. The lowest BCUT2D eigenvalue weighted by atomic mass is 10.0. The second-order valence-corrected chi connectivity index (χ2v) is 6.21. The summed E-state index contributed by atoms with van der Waals surface area (Å²) < 4.78 is 0. The highest BCUT2D eigenvalue weighted by Gasteiger charge is 2.11. The molecule has 5 heteroatoms. The summed E-state index contributed by atoms with van der Waals surface area (Å²) in [5.41, 5.74) is 2.23. The molecule has 0 aromatic heterocycles. The third-order valence-electron chi connectivity index (χ3n) is 2.68. The van der Waals surface area contributed by atoms with Crippen molar-refractivity contribution in [3.8, 4) is 0 Å². The monoisotopic (exact) mass is 328 g/mol. The molecule has 18 heavy (non-hydrogen) atoms. The van der Waals surface area contributed by atoms with Crippen molar-refractivity contribution in [2.45, 2.75) is 30.9 Å². The Bertz CT molecular complexity index is 592. The molecule has 0 radical (unpaired) electrons. The molecule has 0 unspecified atom stereocenters. The van der Waals surface area contributed by atoms with Gasteiger partial charge in [-0.05, 0) is 29.7 Å². The zero-order chi connectivity index (χ0) is 13.3. The van der Waals surface area contributed by atoms with Gasteiger partial charge in [0.25, 0.3) is 0 Å². The van der Waals surface area contributed by atoms with Gasteiger partial charge in [0.15, 0.2) is 0 Å². The highest BCUT2D eigenvalue weighted by molar-refractivity contribution is 7.86. The third kappa shape index (κ3) is 3.02. The maximum absolute atomic E-state index is 4.51. The van der Waals surface area contributed by atoms with Crippen LogP contribution < -0.4 is 0 Å². The quantitative estimate of drug-likeness (QED) is 0.484. The highest BCUT2D eigenvalue weighted by Crippen LogP contribution is 2.35. The molecule has 0 saturated carbocycles. The van der Waals surface area contributed by atoms with Crippen LogP contribution in [0.25, 0.3) is 0 Å². The summed E-state index contributed by atoms with van der Waals surface area (Å²) in [5, 5.41) is 0. The lowest BCUT2D eigenvalue weighted by molar-refractivity contribution is 0.965. The van der Waals surface area contributed by atoms with Crippen molar-refractivity contribution in [3.05, 3.63) is 41.5 Å². The van der Waals surface area contributed by atoms with Crippen LogP contribution in [0.2, 0.25) is 0 Å². The molecule has 0 nitrogen and oxygen atoms in total. The number of hydrogen-bond acceptors (Lipinski definition) is 5. The molecular weight excluding hydrogens is 316 g/mol. The van der Waals surface area contributed by atoms with Crippen LogP contribution in [0.1, 0.15) is 11.1 Å². The molecular formula is C13H12S5. The summed E-state index contributed by atoms with van der Waals surface area (Å²) in [6.45, 7) is 0. The van der Waals surface area contributed by atoms with Crippen LogP contribution in [0.3, 0.4) is 0 Å². The fraction of sp³-hybridized carbons (Fsp3) is 0.0769. The van der Waals surface area contributed by atoms with Crippen molar-refractivity contribution >= 4 is 63.1 Å². The van der Waals surface area contributed by atoms with Gasteiger partial charge in [-0.15, -0.1) is 63.1 Å². The number of thiol groups is 5. The minimum atomic E-state index is 0.758. The van der Waals surface area contributed by atoms with E-state index in [1.807, 2.05) is 24.3 Å². The van der Waals surface area contributed by atoms with Crippen LogP contribution in [0.4, 0.5) is 0 Å². The molecule has 0 atom stereocenters. The Morgan fingerprint density at radius 2 is 1.33 bits per heavy atom. The zero-order valence-corrected chi connectivity index (χ0v) is 13.8. The van der Waals surface area contributed by atoms with E-state index in [-0.39, 0.29) is 0 Å². The Balaban J connectivity index is 2.45. The Morgan fingerprint density at radius 1 is 0.667 bits per heavy atom. The highest BCUT2D eigenvalue weighted by atomic mass is 32.1. The van der Waals surface area contributed by atoms with Gasteiger partial charge in [-0.3, -0.25) is 0 Å². The molecule has 2 rings (SSSR count). The van der Waals surface area contributed by atoms with Crippen molar-refractivity contribution in [2.75, 3.05) is 0 Å². The number of hydrogen-bond donors (Lipinski definition) is 5. The summed E-state index contributed by atoms with van der Waals surface area (Å²) >= 11 is 22.1. The van der Waals surface area contributed by atoms with E-state index >= 15 is 0 Å². The van der Waals surface area contributed by atoms with Crippen LogP contribution in [-0.4, -0.2) is 0 Å². The molecule has 0 aliphatic rings. The fourth-order valence-electron chi connectivity index (χ4n) is 1.69. The molecule has 0 aliphatic heterocycles. The van der Waals surface area contributed by atoms with Gasteiger partial charge in [-0.2, -0.15) is 0 Å². The summed E-state index contributed by atoms with van der Waals surface area (Å²) in [7, 11) is 0. The Kier molecular flexibility index (Phi) is 4.94. The molecule has 0 saturated heterocycles. The molecule has 0 heterocycles. The predicted molar refractivity (Wildman–Crippen MR) is 92.0 cm³/mol. The molecule has 0 N–H and O–H groups in total. The van der Waals surface area contributed by atoms with Crippen LogP contribution in [0.15, 0.2) is 54.8 Å². The van der Waals surface area contributed by atoms with Gasteiger partial charge >= 0.3 is 0 Å². The van der Waals surface area contributed by atoms with E-state index < -0.39 is 0 Å². The van der Waals surface area contributed by atoms with Gasteiger partial charge in [0.2, 0.25) is 0 Å². The smallest absolute Gasteiger partial charge is 0.0322 e. The second kappa shape index (κ2) is 6.09. The summed E-state index contributed by atoms with van der Waals surface area (Å²) in [6, 6.07) is 9.99. The molecule has 0 aliphatic carbocycles. The van der Waals surface area contributed by atoms with Crippen LogP contribution in [0.5, 0.6) is 0 Å². The van der Waals surface area contributed by atoms with Crippen molar-refractivity contribution in [1.29, 1.82) is 0 Å². The van der Waals surface area contributed by atoms with E-state index in [1.165, 1.54) is 0 Å². The van der Waals surface area contributed by atoms with Gasteiger partial charge in [0.1, 0.15) is 0 Å². The first-order valence-electron chi connectivity index (χ1n) is 5.23. The zero-order valence-electron chi connectivity index (χ0n) is 9.33. The minimum absolute atomic E-state index is 0.758. The predicted octanol–water partition coefficient (Wildman–Crippen LogP) is 4.72. The fourth-order valence-corrected chi connectivity index (χ4v) is 3.07. The van der Waals surface area contributed by atoms with Crippen molar-refractivity contribution in [2.24, 2.45) is 0 Å². The molecule has 2 aromatic rings.